The van der Waals surface area contributed by atoms with Crippen molar-refractivity contribution in [2.45, 2.75) is 38.9 Å². The molecule has 4 aromatic heterocycles. The molecule has 0 unspecified atom stereocenters. The van der Waals surface area contributed by atoms with Crippen LogP contribution in [0.3, 0.4) is 0 Å². The SMILES string of the molecule is CC1(C)OB(c2ccc(-c3ccc(Cl)cc3)nc2)OC1(C)C.Clc1ccc(-c2ccc(-c3nc(-c4ccccc4)nc(-c4ccccc4)n3)cn2)cc1.Clc1nc(-c2ccccc2)nc(-c2ccccc2)n1. The molecule has 0 amide bonds. The van der Waals surface area contributed by atoms with E-state index in [0.29, 0.717) is 34.1 Å². The van der Waals surface area contributed by atoms with Crippen LogP contribution in [-0.2, 0) is 9.31 Å². The molecule has 0 spiro atoms. The lowest BCUT2D eigenvalue weighted by molar-refractivity contribution is 0.00578. The molecule has 1 aliphatic heterocycles. The standard InChI is InChI=1S/C26H17ClN4.C17H19BClNO2.C15H10ClN3/c27-22-14-11-18(12-15-22)23-16-13-21(17-28-23)26-30-24(19-7-3-1-4-8-19)29-25(31-26)20-9-5-2-6-10-20;1-16(2)17(3,4)22-18(21-16)13-7-10-15(20-11-13)12-5-8-14(19)9-6-12;16-15-18-13(11-7-3-1-4-8-11)17-14(19-15)12-9-5-2-6-10-12/h1-17H;5-11H,1-4H3;1-10H. The Hall–Kier alpha value is -7.51. The molecule has 1 saturated heterocycles. The Balaban J connectivity index is 0.000000138. The Morgan fingerprint density at radius 2 is 0.653 bits per heavy atom. The fourth-order valence-corrected chi connectivity index (χ4v) is 7.77. The van der Waals surface area contributed by atoms with Crippen molar-refractivity contribution in [3.63, 3.8) is 0 Å². The van der Waals surface area contributed by atoms with E-state index in [2.05, 4.69) is 24.9 Å². The first-order chi connectivity index (χ1) is 34.9. The Labute approximate surface area is 434 Å². The van der Waals surface area contributed by atoms with Crippen LogP contribution >= 0.6 is 34.8 Å². The number of benzene rings is 6. The van der Waals surface area contributed by atoms with Crippen LogP contribution in [0.5, 0.6) is 0 Å². The van der Waals surface area contributed by atoms with Crippen LogP contribution < -0.4 is 5.46 Å². The molecule has 0 aliphatic carbocycles. The molecule has 72 heavy (non-hydrogen) atoms. The molecule has 0 radical (unpaired) electrons. The van der Waals surface area contributed by atoms with Crippen LogP contribution in [0.4, 0.5) is 0 Å². The summed E-state index contributed by atoms with van der Waals surface area (Å²) in [7, 11) is -0.378. The van der Waals surface area contributed by atoms with Gasteiger partial charge in [0.05, 0.1) is 22.6 Å². The lowest BCUT2D eigenvalue weighted by Crippen LogP contribution is -2.41. The molecule has 1 fully saturated rings. The third kappa shape index (κ3) is 12.1. The summed E-state index contributed by atoms with van der Waals surface area (Å²) in [6.45, 7) is 8.18. The lowest BCUT2D eigenvalue weighted by atomic mass is 9.80. The van der Waals surface area contributed by atoms with Crippen molar-refractivity contribution >= 4 is 47.4 Å². The van der Waals surface area contributed by atoms with Gasteiger partial charge in [0, 0.05) is 66.8 Å². The van der Waals surface area contributed by atoms with Crippen LogP contribution in [0.1, 0.15) is 27.7 Å². The topological polar surface area (TPSA) is 122 Å². The third-order valence-corrected chi connectivity index (χ3v) is 12.7. The number of halogens is 3. The molecular weight excluding hydrogens is 958 g/mol. The minimum atomic E-state index is -0.378. The summed E-state index contributed by atoms with van der Waals surface area (Å²) in [5, 5.41) is 1.62. The maximum absolute atomic E-state index is 6.03. The molecule has 0 bridgehead atoms. The molecule has 6 aromatic carbocycles. The van der Waals surface area contributed by atoms with Crippen molar-refractivity contribution in [2.75, 3.05) is 0 Å². The monoisotopic (exact) mass is 1000 g/mol. The highest BCUT2D eigenvalue weighted by Gasteiger charge is 2.51. The molecule has 0 N–H and O–H groups in total. The minimum Gasteiger partial charge on any atom is -0.399 e. The predicted octanol–water partition coefficient (Wildman–Crippen LogP) is 14.1. The molecule has 5 heterocycles. The van der Waals surface area contributed by atoms with Crippen molar-refractivity contribution in [2.24, 2.45) is 0 Å². The van der Waals surface area contributed by atoms with Crippen molar-refractivity contribution in [1.82, 2.24) is 39.9 Å². The van der Waals surface area contributed by atoms with Gasteiger partial charge in [-0.2, -0.15) is 9.97 Å². The summed E-state index contributed by atoms with van der Waals surface area (Å²) in [5.74, 6) is 3.01. The van der Waals surface area contributed by atoms with Gasteiger partial charge in [-0.3, -0.25) is 9.97 Å². The van der Waals surface area contributed by atoms with Gasteiger partial charge >= 0.3 is 7.12 Å². The first-order valence-electron chi connectivity index (χ1n) is 23.1. The van der Waals surface area contributed by atoms with E-state index < -0.39 is 0 Å². The zero-order valence-corrected chi connectivity index (χ0v) is 42.0. The second kappa shape index (κ2) is 22.3. The maximum atomic E-state index is 6.03. The van der Waals surface area contributed by atoms with Gasteiger partial charge < -0.3 is 9.31 Å². The largest absolute Gasteiger partial charge is 0.496 e. The van der Waals surface area contributed by atoms with Gasteiger partial charge in [0.2, 0.25) is 5.28 Å². The summed E-state index contributed by atoms with van der Waals surface area (Å²) >= 11 is 17.9. The summed E-state index contributed by atoms with van der Waals surface area (Å²) < 4.78 is 12.1. The Morgan fingerprint density at radius 3 is 0.986 bits per heavy atom. The van der Waals surface area contributed by atoms with Gasteiger partial charge in [0.25, 0.3) is 0 Å². The second-order valence-electron chi connectivity index (χ2n) is 17.5. The molecule has 10 aromatic rings. The van der Waals surface area contributed by atoms with Crippen molar-refractivity contribution < 1.29 is 9.31 Å². The molecular formula is C58H46BCl3N8O2. The summed E-state index contributed by atoms with van der Waals surface area (Å²) in [4.78, 5) is 36.1. The number of pyridine rings is 2. The average molecular weight is 1000 g/mol. The molecule has 1 aliphatic rings. The minimum absolute atomic E-state index is 0.202. The predicted molar refractivity (Wildman–Crippen MR) is 290 cm³/mol. The summed E-state index contributed by atoms with van der Waals surface area (Å²) in [6.07, 6.45) is 3.61. The van der Waals surface area contributed by atoms with E-state index in [1.54, 1.807) is 6.20 Å². The number of hydrogen-bond donors (Lipinski definition) is 0. The van der Waals surface area contributed by atoms with Gasteiger partial charge in [-0.05, 0) is 81.8 Å². The van der Waals surface area contributed by atoms with Crippen LogP contribution in [0.15, 0.2) is 207 Å². The summed E-state index contributed by atoms with van der Waals surface area (Å²) in [6, 6.07) is 62.5. The number of rotatable bonds is 8. The highest BCUT2D eigenvalue weighted by atomic mass is 35.5. The van der Waals surface area contributed by atoms with Crippen molar-refractivity contribution in [3.05, 3.63) is 222 Å². The number of hydrogen-bond acceptors (Lipinski definition) is 10. The van der Waals surface area contributed by atoms with Crippen molar-refractivity contribution in [1.29, 1.82) is 0 Å². The second-order valence-corrected chi connectivity index (χ2v) is 18.7. The molecule has 10 nitrogen and oxygen atoms in total. The third-order valence-electron chi connectivity index (χ3n) is 12.0. The van der Waals surface area contributed by atoms with Crippen molar-refractivity contribution in [3.8, 4) is 79.5 Å². The molecule has 14 heteroatoms. The van der Waals surface area contributed by atoms with E-state index in [-0.39, 0.29) is 23.6 Å². The van der Waals surface area contributed by atoms with Gasteiger partial charge in [0.1, 0.15) is 0 Å². The normalized spacial score (nSPS) is 13.3. The first kappa shape index (κ1) is 49.5. The number of nitrogens with zero attached hydrogens (tertiary/aromatic N) is 8. The van der Waals surface area contributed by atoms with E-state index in [1.807, 2.05) is 228 Å². The first-order valence-corrected chi connectivity index (χ1v) is 24.2. The molecule has 354 valence electrons. The Bertz CT molecular complexity index is 3230. The zero-order valence-electron chi connectivity index (χ0n) is 39.7. The number of aromatic nitrogens is 8. The maximum Gasteiger partial charge on any atom is 0.496 e. The van der Waals surface area contributed by atoms with Crippen LogP contribution in [0, 0.1) is 0 Å². The highest BCUT2D eigenvalue weighted by molar-refractivity contribution is 6.62. The van der Waals surface area contributed by atoms with E-state index in [1.165, 1.54) is 0 Å². The van der Waals surface area contributed by atoms with E-state index in [4.69, 9.17) is 59.1 Å². The van der Waals surface area contributed by atoms with E-state index >= 15 is 0 Å². The highest BCUT2D eigenvalue weighted by Crippen LogP contribution is 2.36. The van der Waals surface area contributed by atoms with Crippen LogP contribution in [0.2, 0.25) is 15.3 Å². The van der Waals surface area contributed by atoms with Crippen LogP contribution in [-0.4, -0.2) is 58.2 Å². The fraction of sp³-hybridized carbons (Fsp3) is 0.103. The van der Waals surface area contributed by atoms with Gasteiger partial charge in [-0.1, -0.05) is 175 Å². The van der Waals surface area contributed by atoms with Crippen LogP contribution in [0.25, 0.3) is 79.5 Å². The molecule has 0 atom stereocenters. The average Bonchev–Trinajstić information content (AvgIpc) is 3.65. The zero-order chi connectivity index (χ0) is 50.1. The molecule has 11 rings (SSSR count). The summed E-state index contributed by atoms with van der Waals surface area (Å²) in [5.41, 5.74) is 8.59. The van der Waals surface area contributed by atoms with Gasteiger partial charge in [-0.15, -0.1) is 0 Å². The van der Waals surface area contributed by atoms with Gasteiger partial charge in [0.15, 0.2) is 29.1 Å². The lowest BCUT2D eigenvalue weighted by Gasteiger charge is -2.32. The quantitative estimate of drug-likeness (QED) is 0.136. The fourth-order valence-electron chi connectivity index (χ4n) is 7.35. The Kier molecular flexibility index (Phi) is 15.3. The molecule has 0 saturated carbocycles. The van der Waals surface area contributed by atoms with Gasteiger partial charge in [-0.25, -0.2) is 19.9 Å². The van der Waals surface area contributed by atoms with E-state index in [9.17, 15) is 0 Å². The Morgan fingerprint density at radius 1 is 0.333 bits per heavy atom. The smallest absolute Gasteiger partial charge is 0.399 e. The van der Waals surface area contributed by atoms with E-state index in [0.717, 1.165) is 60.8 Å².